The Labute approximate surface area is 146 Å². The van der Waals surface area contributed by atoms with Gasteiger partial charge in [0.25, 0.3) is 10.0 Å². The fourth-order valence-electron chi connectivity index (χ4n) is 2.58. The third kappa shape index (κ3) is 3.07. The van der Waals surface area contributed by atoms with E-state index in [0.717, 1.165) is 28.7 Å². The Balaban J connectivity index is 2.09. The van der Waals surface area contributed by atoms with Crippen molar-refractivity contribution in [3.8, 4) is 5.75 Å². The highest BCUT2D eigenvalue weighted by Crippen LogP contribution is 2.31. The molecule has 7 heteroatoms. The lowest BCUT2D eigenvalue weighted by molar-refractivity contribution is 0.413. The summed E-state index contributed by atoms with van der Waals surface area (Å²) in [6.45, 7) is 0.869. The average molecular weight is 364 g/mol. The second-order valence-electron chi connectivity index (χ2n) is 5.83. The maximum absolute atomic E-state index is 13.1. The molecule has 5 nitrogen and oxygen atoms in total. The molecule has 0 N–H and O–H groups in total. The van der Waals surface area contributed by atoms with Gasteiger partial charge in [-0.15, -0.1) is 11.3 Å². The molecular formula is C17H20N2O3S2. The van der Waals surface area contributed by atoms with E-state index < -0.39 is 10.0 Å². The molecule has 128 valence electrons. The Bertz CT molecular complexity index is 955. The quantitative estimate of drug-likeness (QED) is 0.675. The third-order valence-electron chi connectivity index (χ3n) is 3.89. The van der Waals surface area contributed by atoms with Gasteiger partial charge in [-0.3, -0.25) is 0 Å². The van der Waals surface area contributed by atoms with E-state index in [2.05, 4.69) is 4.90 Å². The fraction of sp³-hybridized carbons (Fsp3) is 0.294. The molecule has 0 unspecified atom stereocenters. The molecule has 0 saturated carbocycles. The molecule has 0 fully saturated rings. The van der Waals surface area contributed by atoms with Crippen LogP contribution in [0.2, 0.25) is 0 Å². The SMILES string of the molecule is COc1cccc(S(=O)(=O)n2cc(CCN(C)C)c3ccsc32)c1. The highest BCUT2D eigenvalue weighted by Gasteiger charge is 2.22. The van der Waals surface area contributed by atoms with Gasteiger partial charge in [0.2, 0.25) is 0 Å². The van der Waals surface area contributed by atoms with Crippen molar-refractivity contribution in [2.75, 3.05) is 27.7 Å². The Morgan fingerprint density at radius 2 is 2.04 bits per heavy atom. The van der Waals surface area contributed by atoms with E-state index in [4.69, 9.17) is 4.74 Å². The summed E-state index contributed by atoms with van der Waals surface area (Å²) in [6, 6.07) is 8.55. The van der Waals surface area contributed by atoms with Crippen molar-refractivity contribution in [3.05, 3.63) is 47.5 Å². The molecule has 0 radical (unpaired) electrons. The Morgan fingerprint density at radius 3 is 2.75 bits per heavy atom. The number of fused-ring (bicyclic) bond motifs is 1. The van der Waals surface area contributed by atoms with Gasteiger partial charge in [-0.2, -0.15) is 0 Å². The number of aromatic nitrogens is 1. The largest absolute Gasteiger partial charge is 0.497 e. The molecule has 0 saturated heterocycles. The topological polar surface area (TPSA) is 51.5 Å². The first-order valence-corrected chi connectivity index (χ1v) is 9.87. The van der Waals surface area contributed by atoms with Crippen molar-refractivity contribution in [1.82, 2.24) is 8.87 Å². The standard InChI is InChI=1S/C17H20N2O3S2/c1-18(2)9-7-13-12-19(17-16(13)8-10-23-17)24(20,21)15-6-4-5-14(11-15)22-3/h4-6,8,10-12H,7,9H2,1-3H3. The average Bonchev–Trinajstić information content (AvgIpc) is 3.15. The van der Waals surface area contributed by atoms with Crippen LogP contribution in [-0.4, -0.2) is 45.0 Å². The second-order valence-corrected chi connectivity index (χ2v) is 8.54. The number of thiophene rings is 1. The van der Waals surface area contributed by atoms with Gasteiger partial charge in [0, 0.05) is 24.2 Å². The molecule has 3 aromatic rings. The molecule has 0 aliphatic rings. The maximum atomic E-state index is 13.1. The summed E-state index contributed by atoms with van der Waals surface area (Å²) in [5.41, 5.74) is 1.05. The lowest BCUT2D eigenvalue weighted by Crippen LogP contribution is -2.15. The van der Waals surface area contributed by atoms with Crippen molar-refractivity contribution in [1.29, 1.82) is 0 Å². The van der Waals surface area contributed by atoms with Crippen molar-refractivity contribution < 1.29 is 13.2 Å². The lowest BCUT2D eigenvalue weighted by Gasteiger charge is -2.09. The normalized spacial score (nSPS) is 12.2. The molecule has 0 spiro atoms. The Kier molecular flexibility index (Phi) is 4.67. The number of rotatable bonds is 6. The number of nitrogens with zero attached hydrogens (tertiary/aromatic N) is 2. The van der Waals surface area contributed by atoms with Gasteiger partial charge < -0.3 is 9.64 Å². The van der Waals surface area contributed by atoms with Gasteiger partial charge in [-0.25, -0.2) is 12.4 Å². The first-order chi connectivity index (χ1) is 11.4. The third-order valence-corrected chi connectivity index (χ3v) is 6.57. The number of methoxy groups -OCH3 is 1. The van der Waals surface area contributed by atoms with Gasteiger partial charge in [0.05, 0.1) is 12.0 Å². The minimum atomic E-state index is -3.65. The van der Waals surface area contributed by atoms with Crippen LogP contribution in [-0.2, 0) is 16.4 Å². The van der Waals surface area contributed by atoms with E-state index in [0.29, 0.717) is 5.75 Å². The van der Waals surface area contributed by atoms with Gasteiger partial charge >= 0.3 is 0 Å². The minimum absolute atomic E-state index is 0.228. The van der Waals surface area contributed by atoms with Gasteiger partial charge in [-0.1, -0.05) is 6.07 Å². The minimum Gasteiger partial charge on any atom is -0.497 e. The number of hydrogen-bond acceptors (Lipinski definition) is 5. The Hall–Kier alpha value is -1.83. The van der Waals surface area contributed by atoms with Crippen LogP contribution in [0, 0.1) is 0 Å². The van der Waals surface area contributed by atoms with Crippen molar-refractivity contribution in [3.63, 3.8) is 0 Å². The molecule has 0 atom stereocenters. The lowest BCUT2D eigenvalue weighted by atomic mass is 10.2. The maximum Gasteiger partial charge on any atom is 0.268 e. The molecule has 2 aromatic heterocycles. The van der Waals surface area contributed by atoms with E-state index in [-0.39, 0.29) is 4.90 Å². The first-order valence-electron chi connectivity index (χ1n) is 7.55. The number of benzene rings is 1. The molecule has 0 amide bonds. The highest BCUT2D eigenvalue weighted by atomic mass is 32.2. The van der Waals surface area contributed by atoms with E-state index in [1.807, 2.05) is 25.5 Å². The molecule has 1 aromatic carbocycles. The monoisotopic (exact) mass is 364 g/mol. The zero-order valence-electron chi connectivity index (χ0n) is 13.9. The van der Waals surface area contributed by atoms with E-state index >= 15 is 0 Å². The molecule has 0 aliphatic carbocycles. The summed E-state index contributed by atoms with van der Waals surface area (Å²) < 4.78 is 32.7. The van der Waals surface area contributed by atoms with Crippen LogP contribution >= 0.6 is 11.3 Å². The smallest absolute Gasteiger partial charge is 0.268 e. The summed E-state index contributed by atoms with van der Waals surface area (Å²) in [4.78, 5) is 3.07. The van der Waals surface area contributed by atoms with Crippen molar-refractivity contribution in [2.24, 2.45) is 0 Å². The number of ether oxygens (including phenoxy) is 1. The summed E-state index contributed by atoms with van der Waals surface area (Å²) in [7, 11) is 1.89. The molecule has 0 bridgehead atoms. The predicted molar refractivity (Wildman–Crippen MR) is 97.7 cm³/mol. The summed E-state index contributed by atoms with van der Waals surface area (Å²) in [5, 5.41) is 2.94. The number of hydrogen-bond donors (Lipinski definition) is 0. The van der Waals surface area contributed by atoms with Crippen LogP contribution in [0.4, 0.5) is 0 Å². The van der Waals surface area contributed by atoms with Crippen molar-refractivity contribution in [2.45, 2.75) is 11.3 Å². The Morgan fingerprint density at radius 1 is 1.25 bits per heavy atom. The second kappa shape index (κ2) is 6.58. The number of likely N-dealkylation sites (N-methyl/N-ethyl adjacent to an activating group) is 1. The predicted octanol–water partition coefficient (Wildman–Crippen LogP) is 3.05. The fourth-order valence-corrected chi connectivity index (χ4v) is 5.15. The van der Waals surface area contributed by atoms with E-state index in [1.54, 1.807) is 30.5 Å². The zero-order valence-corrected chi connectivity index (χ0v) is 15.5. The first kappa shape index (κ1) is 17.0. The zero-order chi connectivity index (χ0) is 17.3. The molecular weight excluding hydrogens is 344 g/mol. The van der Waals surface area contributed by atoms with E-state index in [9.17, 15) is 8.42 Å². The van der Waals surface area contributed by atoms with Crippen molar-refractivity contribution >= 4 is 31.6 Å². The van der Waals surface area contributed by atoms with Crippen LogP contribution in [0.15, 0.2) is 46.8 Å². The molecule has 2 heterocycles. The van der Waals surface area contributed by atoms with Gasteiger partial charge in [-0.05, 0) is 49.7 Å². The van der Waals surface area contributed by atoms with Crippen LogP contribution < -0.4 is 4.74 Å². The summed E-state index contributed by atoms with van der Waals surface area (Å²) in [5.74, 6) is 0.526. The van der Waals surface area contributed by atoms with Crippen LogP contribution in [0.5, 0.6) is 5.75 Å². The molecule has 24 heavy (non-hydrogen) atoms. The van der Waals surface area contributed by atoms with Gasteiger partial charge in [0.15, 0.2) is 0 Å². The van der Waals surface area contributed by atoms with Crippen LogP contribution in [0.1, 0.15) is 5.56 Å². The highest BCUT2D eigenvalue weighted by molar-refractivity contribution is 7.90. The summed E-state index contributed by atoms with van der Waals surface area (Å²) in [6.07, 6.45) is 2.56. The summed E-state index contributed by atoms with van der Waals surface area (Å²) >= 11 is 1.44. The van der Waals surface area contributed by atoms with Gasteiger partial charge in [0.1, 0.15) is 10.6 Å². The van der Waals surface area contributed by atoms with Crippen LogP contribution in [0.3, 0.4) is 0 Å². The van der Waals surface area contributed by atoms with Crippen LogP contribution in [0.25, 0.3) is 10.2 Å². The van der Waals surface area contributed by atoms with E-state index in [1.165, 1.54) is 22.4 Å². The molecule has 0 aliphatic heterocycles. The molecule has 3 rings (SSSR count).